The zero-order chi connectivity index (χ0) is 19.8. The fourth-order valence-corrected chi connectivity index (χ4v) is 2.72. The number of benzene rings is 1. The number of aryl methyl sites for hydroxylation is 2. The average Bonchev–Trinajstić information content (AvgIpc) is 2.93. The number of amides is 1. The van der Waals surface area contributed by atoms with Gasteiger partial charge in [0.25, 0.3) is 11.5 Å². The third kappa shape index (κ3) is 4.13. The van der Waals surface area contributed by atoms with Gasteiger partial charge in [-0.05, 0) is 37.0 Å². The number of rotatable bonds is 3. The molecule has 1 amide bonds. The Morgan fingerprint density at radius 1 is 1.07 bits per heavy atom. The molecule has 2 aromatic heterocycles. The third-order valence-electron chi connectivity index (χ3n) is 4.14. The Hall–Kier alpha value is -3.22. The van der Waals surface area contributed by atoms with E-state index in [1.807, 2.05) is 12.1 Å². The molecule has 0 saturated carbocycles. The molecule has 2 N–H and O–H groups in total. The summed E-state index contributed by atoms with van der Waals surface area (Å²) < 4.78 is 1.42. The normalized spacial score (nSPS) is 11.4. The van der Waals surface area contributed by atoms with E-state index in [-0.39, 0.29) is 22.8 Å². The number of hydrogen-bond acceptors (Lipinski definition) is 4. The molecule has 140 valence electrons. The highest BCUT2D eigenvalue weighted by atomic mass is 16.1. The first-order valence-corrected chi connectivity index (χ1v) is 8.70. The van der Waals surface area contributed by atoms with Crippen LogP contribution in [0, 0.1) is 13.8 Å². The van der Waals surface area contributed by atoms with E-state index >= 15 is 0 Å². The summed E-state index contributed by atoms with van der Waals surface area (Å²) in [6.45, 7) is 9.90. The van der Waals surface area contributed by atoms with Crippen molar-refractivity contribution in [3.05, 3.63) is 69.3 Å². The van der Waals surface area contributed by atoms with Crippen LogP contribution < -0.4 is 10.9 Å². The molecule has 1 aromatic carbocycles. The quantitative estimate of drug-likeness (QED) is 0.746. The number of nitrogens with zero attached hydrogens (tertiary/aromatic N) is 3. The van der Waals surface area contributed by atoms with Crippen LogP contribution in [0.3, 0.4) is 0 Å². The maximum absolute atomic E-state index is 12.7. The van der Waals surface area contributed by atoms with Crippen molar-refractivity contribution < 1.29 is 4.79 Å². The van der Waals surface area contributed by atoms with Crippen molar-refractivity contribution in [2.24, 2.45) is 0 Å². The van der Waals surface area contributed by atoms with E-state index in [1.165, 1.54) is 10.7 Å². The topological polar surface area (TPSA) is 92.7 Å². The second-order valence-electron chi connectivity index (χ2n) is 7.57. The van der Waals surface area contributed by atoms with E-state index < -0.39 is 0 Å². The van der Waals surface area contributed by atoms with Crippen molar-refractivity contribution in [2.45, 2.75) is 40.0 Å². The zero-order valence-electron chi connectivity index (χ0n) is 16.1. The molecule has 0 spiro atoms. The second-order valence-corrected chi connectivity index (χ2v) is 7.57. The van der Waals surface area contributed by atoms with Crippen LogP contribution >= 0.6 is 0 Å². The summed E-state index contributed by atoms with van der Waals surface area (Å²) in [6.07, 6.45) is 0. The minimum absolute atomic E-state index is 0.0213. The molecule has 2 heterocycles. The number of aromatic nitrogens is 4. The molecule has 0 radical (unpaired) electrons. The van der Waals surface area contributed by atoms with Crippen molar-refractivity contribution in [2.75, 3.05) is 5.32 Å². The molecule has 0 atom stereocenters. The van der Waals surface area contributed by atoms with E-state index in [4.69, 9.17) is 0 Å². The number of aromatic amines is 1. The van der Waals surface area contributed by atoms with Crippen LogP contribution in [-0.2, 0) is 5.41 Å². The first kappa shape index (κ1) is 18.6. The molecule has 7 nitrogen and oxygen atoms in total. The van der Waals surface area contributed by atoms with Crippen LogP contribution in [0.1, 0.15) is 48.1 Å². The molecule has 0 aliphatic rings. The third-order valence-corrected chi connectivity index (χ3v) is 4.14. The van der Waals surface area contributed by atoms with Gasteiger partial charge in [0.05, 0.1) is 5.69 Å². The summed E-state index contributed by atoms with van der Waals surface area (Å²) in [5.41, 5.74) is 2.70. The van der Waals surface area contributed by atoms with Gasteiger partial charge in [-0.25, -0.2) is 4.98 Å². The Labute approximate surface area is 157 Å². The minimum atomic E-state index is -0.277. The van der Waals surface area contributed by atoms with Crippen LogP contribution in [0.5, 0.6) is 0 Å². The fraction of sp³-hybridized carbons (Fsp3) is 0.300. The van der Waals surface area contributed by atoms with Gasteiger partial charge in [-0.2, -0.15) is 9.78 Å². The summed E-state index contributed by atoms with van der Waals surface area (Å²) in [6, 6.07) is 10.6. The van der Waals surface area contributed by atoms with E-state index in [1.54, 1.807) is 32.0 Å². The molecule has 0 saturated heterocycles. The van der Waals surface area contributed by atoms with E-state index in [0.717, 1.165) is 5.56 Å². The number of nitrogens with one attached hydrogen (secondary N) is 2. The van der Waals surface area contributed by atoms with Crippen molar-refractivity contribution in [1.29, 1.82) is 0 Å². The number of carbonyl (C=O) groups excluding carboxylic acids is 1. The predicted octanol–water partition coefficient (Wildman–Crippen LogP) is 3.12. The summed E-state index contributed by atoms with van der Waals surface area (Å²) in [7, 11) is 0. The maximum Gasteiger partial charge on any atom is 0.256 e. The van der Waals surface area contributed by atoms with Gasteiger partial charge in [-0.3, -0.25) is 14.6 Å². The predicted molar refractivity (Wildman–Crippen MR) is 105 cm³/mol. The SMILES string of the molecule is Cc1cc(=O)[nH]c(-n2nc(C)cc2NC(=O)c2ccc(C(C)(C)C)cc2)n1. The average molecular weight is 365 g/mol. The van der Waals surface area contributed by atoms with Gasteiger partial charge in [0.2, 0.25) is 5.95 Å². The Morgan fingerprint density at radius 2 is 1.74 bits per heavy atom. The van der Waals surface area contributed by atoms with Gasteiger partial charge in [-0.15, -0.1) is 0 Å². The van der Waals surface area contributed by atoms with Gasteiger partial charge < -0.3 is 5.32 Å². The van der Waals surface area contributed by atoms with Crippen molar-refractivity contribution in [3.8, 4) is 5.95 Å². The van der Waals surface area contributed by atoms with Crippen LogP contribution in [-0.4, -0.2) is 25.7 Å². The molecule has 3 rings (SSSR count). The monoisotopic (exact) mass is 365 g/mol. The van der Waals surface area contributed by atoms with E-state index in [9.17, 15) is 9.59 Å². The van der Waals surface area contributed by atoms with Gasteiger partial charge >= 0.3 is 0 Å². The first-order valence-electron chi connectivity index (χ1n) is 8.70. The molecule has 0 fully saturated rings. The fourth-order valence-electron chi connectivity index (χ4n) is 2.72. The zero-order valence-corrected chi connectivity index (χ0v) is 16.1. The number of anilines is 1. The Kier molecular flexibility index (Phi) is 4.70. The molecule has 27 heavy (non-hydrogen) atoms. The van der Waals surface area contributed by atoms with E-state index in [0.29, 0.717) is 22.8 Å². The molecule has 7 heteroatoms. The van der Waals surface area contributed by atoms with Crippen molar-refractivity contribution >= 4 is 11.7 Å². The van der Waals surface area contributed by atoms with Crippen LogP contribution in [0.25, 0.3) is 5.95 Å². The largest absolute Gasteiger partial charge is 0.306 e. The molecule has 0 bridgehead atoms. The smallest absolute Gasteiger partial charge is 0.256 e. The highest BCUT2D eigenvalue weighted by Crippen LogP contribution is 2.22. The Balaban J connectivity index is 1.90. The highest BCUT2D eigenvalue weighted by molar-refractivity contribution is 6.04. The summed E-state index contributed by atoms with van der Waals surface area (Å²) in [5, 5.41) is 7.17. The standard InChI is InChI=1S/C20H23N5O2/c1-12-11-17(26)23-19(21-12)25-16(10-13(2)24-25)22-18(27)14-6-8-15(9-7-14)20(3,4)5/h6-11H,1-5H3,(H,22,27)(H,21,23,26). The summed E-state index contributed by atoms with van der Waals surface area (Å²) >= 11 is 0. The molecule has 0 aliphatic carbocycles. The molecule has 3 aromatic rings. The van der Waals surface area contributed by atoms with Crippen molar-refractivity contribution in [1.82, 2.24) is 19.7 Å². The lowest BCUT2D eigenvalue weighted by Crippen LogP contribution is -2.19. The highest BCUT2D eigenvalue weighted by Gasteiger charge is 2.16. The lowest BCUT2D eigenvalue weighted by Gasteiger charge is -2.19. The minimum Gasteiger partial charge on any atom is -0.306 e. The van der Waals surface area contributed by atoms with Gasteiger partial charge in [-0.1, -0.05) is 32.9 Å². The van der Waals surface area contributed by atoms with Gasteiger partial charge in [0, 0.05) is 23.4 Å². The van der Waals surface area contributed by atoms with Crippen molar-refractivity contribution in [3.63, 3.8) is 0 Å². The van der Waals surface area contributed by atoms with Crippen LogP contribution in [0.15, 0.2) is 41.2 Å². The Morgan fingerprint density at radius 3 is 2.33 bits per heavy atom. The molecule has 0 unspecified atom stereocenters. The number of H-pyrrole nitrogens is 1. The summed E-state index contributed by atoms with van der Waals surface area (Å²) in [5.74, 6) is 0.434. The van der Waals surface area contributed by atoms with Gasteiger partial charge in [0.15, 0.2) is 0 Å². The van der Waals surface area contributed by atoms with Crippen LogP contribution in [0.4, 0.5) is 5.82 Å². The second kappa shape index (κ2) is 6.83. The molecular weight excluding hydrogens is 342 g/mol. The lowest BCUT2D eigenvalue weighted by molar-refractivity contribution is 0.102. The van der Waals surface area contributed by atoms with Crippen LogP contribution in [0.2, 0.25) is 0 Å². The Bertz CT molecular complexity index is 1040. The molecule has 0 aliphatic heterocycles. The van der Waals surface area contributed by atoms with Gasteiger partial charge in [0.1, 0.15) is 5.82 Å². The van der Waals surface area contributed by atoms with E-state index in [2.05, 4.69) is 41.2 Å². The maximum atomic E-state index is 12.7. The lowest BCUT2D eigenvalue weighted by atomic mass is 9.87. The summed E-state index contributed by atoms with van der Waals surface area (Å²) in [4.78, 5) is 31.3. The first-order chi connectivity index (χ1) is 12.6. The number of carbonyl (C=O) groups is 1. The number of hydrogen-bond donors (Lipinski definition) is 2. The molecular formula is C20H23N5O2.